The highest BCUT2D eigenvalue weighted by molar-refractivity contribution is 9.10. The van der Waals surface area contributed by atoms with Gasteiger partial charge in [0.05, 0.1) is 15.9 Å². The van der Waals surface area contributed by atoms with Crippen LogP contribution >= 0.6 is 15.9 Å². The molecule has 0 aliphatic heterocycles. The van der Waals surface area contributed by atoms with Crippen LogP contribution < -0.4 is 5.73 Å². The fourth-order valence-electron chi connectivity index (χ4n) is 2.40. The summed E-state index contributed by atoms with van der Waals surface area (Å²) in [6.07, 6.45) is 4.33. The first kappa shape index (κ1) is 12.9. The Labute approximate surface area is 121 Å². The van der Waals surface area contributed by atoms with E-state index in [0.29, 0.717) is 6.54 Å². The van der Waals surface area contributed by atoms with Gasteiger partial charge in [-0.25, -0.2) is 4.68 Å². The molecule has 1 fully saturated rings. The molecular formula is C15H18BrN3. The molecule has 19 heavy (non-hydrogen) atoms. The summed E-state index contributed by atoms with van der Waals surface area (Å²) in [4.78, 5) is 0. The predicted octanol–water partition coefficient (Wildman–Crippen LogP) is 3.24. The molecule has 0 radical (unpaired) electrons. The van der Waals surface area contributed by atoms with Crippen molar-refractivity contribution in [3.05, 3.63) is 45.7 Å². The van der Waals surface area contributed by atoms with Crippen molar-refractivity contribution in [2.24, 2.45) is 5.73 Å². The molecule has 0 spiro atoms. The van der Waals surface area contributed by atoms with Gasteiger partial charge in [0, 0.05) is 18.2 Å². The second-order valence-corrected chi connectivity index (χ2v) is 6.38. The van der Waals surface area contributed by atoms with Crippen LogP contribution in [0.15, 0.2) is 28.9 Å². The quantitative estimate of drug-likeness (QED) is 0.943. The van der Waals surface area contributed by atoms with Gasteiger partial charge in [0.25, 0.3) is 0 Å². The standard InChI is InChI=1S/C15H18BrN3/c1-10-3-4-12(7-11(10)2)19-8-13(16)14(18-19)15(9-17)5-6-15/h3-4,7-8H,5-6,9,17H2,1-2H3. The van der Waals surface area contributed by atoms with E-state index in [1.165, 1.54) is 11.1 Å². The predicted molar refractivity (Wildman–Crippen MR) is 80.7 cm³/mol. The summed E-state index contributed by atoms with van der Waals surface area (Å²) in [5.74, 6) is 0. The van der Waals surface area contributed by atoms with Gasteiger partial charge in [0.15, 0.2) is 0 Å². The van der Waals surface area contributed by atoms with Crippen molar-refractivity contribution in [3.63, 3.8) is 0 Å². The van der Waals surface area contributed by atoms with Crippen molar-refractivity contribution < 1.29 is 0 Å². The highest BCUT2D eigenvalue weighted by Crippen LogP contribution is 2.48. The Kier molecular flexibility index (Phi) is 3.02. The Morgan fingerprint density at radius 3 is 2.63 bits per heavy atom. The molecule has 4 heteroatoms. The number of benzene rings is 1. The highest BCUT2D eigenvalue weighted by atomic mass is 79.9. The number of rotatable bonds is 3. The van der Waals surface area contributed by atoms with Gasteiger partial charge >= 0.3 is 0 Å². The van der Waals surface area contributed by atoms with E-state index in [2.05, 4.69) is 48.0 Å². The van der Waals surface area contributed by atoms with Crippen molar-refractivity contribution in [1.29, 1.82) is 0 Å². The number of nitrogens with two attached hydrogens (primary N) is 1. The molecule has 3 nitrogen and oxygen atoms in total. The Balaban J connectivity index is 2.02. The average Bonchev–Trinajstić information content (AvgIpc) is 3.10. The van der Waals surface area contributed by atoms with Crippen LogP contribution in [0.4, 0.5) is 0 Å². The molecule has 0 unspecified atom stereocenters. The molecule has 1 aliphatic carbocycles. The molecule has 1 aliphatic rings. The molecule has 0 saturated heterocycles. The van der Waals surface area contributed by atoms with Crippen LogP contribution in [0, 0.1) is 13.8 Å². The first-order valence-corrected chi connectivity index (χ1v) is 7.38. The lowest BCUT2D eigenvalue weighted by molar-refractivity contribution is 0.659. The van der Waals surface area contributed by atoms with E-state index >= 15 is 0 Å². The summed E-state index contributed by atoms with van der Waals surface area (Å²) in [6, 6.07) is 6.41. The molecule has 100 valence electrons. The molecule has 1 aromatic heterocycles. The topological polar surface area (TPSA) is 43.8 Å². The van der Waals surface area contributed by atoms with Crippen LogP contribution in [-0.4, -0.2) is 16.3 Å². The monoisotopic (exact) mass is 319 g/mol. The number of hydrogen-bond acceptors (Lipinski definition) is 2. The maximum Gasteiger partial charge on any atom is 0.0845 e. The van der Waals surface area contributed by atoms with Crippen molar-refractivity contribution in [2.75, 3.05) is 6.54 Å². The molecule has 0 atom stereocenters. The minimum Gasteiger partial charge on any atom is -0.330 e. The summed E-state index contributed by atoms with van der Waals surface area (Å²) < 4.78 is 3.01. The Morgan fingerprint density at radius 1 is 1.32 bits per heavy atom. The van der Waals surface area contributed by atoms with Gasteiger partial charge in [-0.2, -0.15) is 5.10 Å². The fraction of sp³-hybridized carbons (Fsp3) is 0.400. The van der Waals surface area contributed by atoms with Gasteiger partial charge in [0.1, 0.15) is 0 Å². The van der Waals surface area contributed by atoms with Crippen LogP contribution in [0.25, 0.3) is 5.69 Å². The minimum atomic E-state index is 0.115. The van der Waals surface area contributed by atoms with Crippen LogP contribution in [0.1, 0.15) is 29.7 Å². The number of aromatic nitrogens is 2. The fourth-order valence-corrected chi connectivity index (χ4v) is 3.09. The van der Waals surface area contributed by atoms with Gasteiger partial charge < -0.3 is 5.73 Å². The lowest BCUT2D eigenvalue weighted by Gasteiger charge is -2.09. The summed E-state index contributed by atoms with van der Waals surface area (Å²) in [5, 5.41) is 4.75. The summed E-state index contributed by atoms with van der Waals surface area (Å²) in [5.41, 5.74) is 10.8. The maximum atomic E-state index is 5.89. The third kappa shape index (κ3) is 2.13. The molecule has 0 bridgehead atoms. The second kappa shape index (κ2) is 4.46. The van der Waals surface area contributed by atoms with Crippen molar-refractivity contribution in [1.82, 2.24) is 9.78 Å². The molecular weight excluding hydrogens is 302 g/mol. The molecule has 1 aromatic carbocycles. The number of hydrogen-bond donors (Lipinski definition) is 1. The van der Waals surface area contributed by atoms with Crippen LogP contribution in [0.2, 0.25) is 0 Å². The van der Waals surface area contributed by atoms with E-state index in [0.717, 1.165) is 28.7 Å². The largest absolute Gasteiger partial charge is 0.330 e. The first-order valence-electron chi connectivity index (χ1n) is 6.59. The Hall–Kier alpha value is -1.13. The highest BCUT2D eigenvalue weighted by Gasteiger charge is 2.46. The Morgan fingerprint density at radius 2 is 2.05 bits per heavy atom. The molecule has 1 saturated carbocycles. The zero-order valence-electron chi connectivity index (χ0n) is 11.3. The lowest BCUT2D eigenvalue weighted by Crippen LogP contribution is -2.21. The summed E-state index contributed by atoms with van der Waals surface area (Å²) in [7, 11) is 0. The molecule has 1 heterocycles. The Bertz CT molecular complexity index is 626. The molecule has 2 aromatic rings. The van der Waals surface area contributed by atoms with Crippen molar-refractivity contribution in [2.45, 2.75) is 32.1 Å². The smallest absolute Gasteiger partial charge is 0.0845 e. The normalized spacial score (nSPS) is 16.6. The van der Waals surface area contributed by atoms with Crippen LogP contribution in [0.5, 0.6) is 0 Å². The SMILES string of the molecule is Cc1ccc(-n2cc(Br)c(C3(CN)CC3)n2)cc1C. The zero-order chi connectivity index (χ0) is 13.6. The molecule has 2 N–H and O–H groups in total. The van der Waals surface area contributed by atoms with Gasteiger partial charge in [-0.3, -0.25) is 0 Å². The van der Waals surface area contributed by atoms with E-state index in [1.54, 1.807) is 0 Å². The van der Waals surface area contributed by atoms with E-state index in [-0.39, 0.29) is 5.41 Å². The van der Waals surface area contributed by atoms with Crippen LogP contribution in [0.3, 0.4) is 0 Å². The average molecular weight is 320 g/mol. The number of nitrogens with zero attached hydrogens (tertiary/aromatic N) is 2. The van der Waals surface area contributed by atoms with Gasteiger partial charge in [0.2, 0.25) is 0 Å². The van der Waals surface area contributed by atoms with E-state index < -0.39 is 0 Å². The zero-order valence-corrected chi connectivity index (χ0v) is 12.9. The van der Waals surface area contributed by atoms with E-state index in [4.69, 9.17) is 10.8 Å². The van der Waals surface area contributed by atoms with Gasteiger partial charge in [-0.1, -0.05) is 6.07 Å². The van der Waals surface area contributed by atoms with E-state index in [1.807, 2.05) is 10.9 Å². The number of aryl methyl sites for hydroxylation is 2. The molecule has 0 amide bonds. The van der Waals surface area contributed by atoms with Crippen molar-refractivity contribution >= 4 is 15.9 Å². The van der Waals surface area contributed by atoms with Crippen molar-refractivity contribution in [3.8, 4) is 5.69 Å². The first-order chi connectivity index (χ1) is 9.05. The van der Waals surface area contributed by atoms with Gasteiger partial charge in [-0.15, -0.1) is 0 Å². The van der Waals surface area contributed by atoms with E-state index in [9.17, 15) is 0 Å². The molecule has 3 rings (SSSR count). The number of halogens is 1. The lowest BCUT2D eigenvalue weighted by atomic mass is 10.0. The third-order valence-corrected chi connectivity index (χ3v) is 4.75. The van der Waals surface area contributed by atoms with Gasteiger partial charge in [-0.05, 0) is 65.9 Å². The van der Waals surface area contributed by atoms with Crippen LogP contribution in [-0.2, 0) is 5.41 Å². The minimum absolute atomic E-state index is 0.115. The second-order valence-electron chi connectivity index (χ2n) is 5.52. The summed E-state index contributed by atoms with van der Waals surface area (Å²) in [6.45, 7) is 4.92. The maximum absolute atomic E-state index is 5.89. The third-order valence-electron chi connectivity index (χ3n) is 4.17. The summed E-state index contributed by atoms with van der Waals surface area (Å²) >= 11 is 3.63.